The highest BCUT2D eigenvalue weighted by molar-refractivity contribution is 5.68. The molecule has 1 fully saturated rings. The Balaban J connectivity index is 2.24. The van der Waals surface area contributed by atoms with Crippen LogP contribution < -0.4 is 11.3 Å². The Morgan fingerprint density at radius 1 is 1.48 bits per heavy atom. The number of aromatic amines is 1. The number of nitrogens with one attached hydrogen (secondary N) is 1. The van der Waals surface area contributed by atoms with Crippen molar-refractivity contribution in [1.82, 2.24) is 9.88 Å². The van der Waals surface area contributed by atoms with E-state index in [1.807, 2.05) is 0 Å². The van der Waals surface area contributed by atoms with E-state index in [4.69, 9.17) is 10.5 Å². The number of rotatable bonds is 1. The Hall–Kier alpha value is -2.12. The lowest BCUT2D eigenvalue weighted by molar-refractivity contribution is -0.0771. The zero-order valence-corrected chi connectivity index (χ0v) is 13.4. The molecule has 23 heavy (non-hydrogen) atoms. The van der Waals surface area contributed by atoms with Gasteiger partial charge in [0.1, 0.15) is 5.60 Å². The first kappa shape index (κ1) is 17.2. The first-order chi connectivity index (χ1) is 10.5. The molecule has 1 aliphatic heterocycles. The van der Waals surface area contributed by atoms with Crippen LogP contribution in [0.3, 0.4) is 0 Å². The van der Waals surface area contributed by atoms with Crippen molar-refractivity contribution < 1.29 is 18.3 Å². The fourth-order valence-corrected chi connectivity index (χ4v) is 2.47. The van der Waals surface area contributed by atoms with Crippen molar-refractivity contribution >= 4 is 11.8 Å². The molecule has 2 heterocycles. The predicted molar refractivity (Wildman–Crippen MR) is 81.6 cm³/mol. The summed E-state index contributed by atoms with van der Waals surface area (Å²) in [6.07, 6.45) is 0.113. The maximum atomic E-state index is 14.2. The summed E-state index contributed by atoms with van der Waals surface area (Å²) in [5.74, 6) is -4.24. The number of hydrogen-bond acceptors (Lipinski definition) is 4. The number of hydrogen-bond donors (Lipinski definition) is 2. The summed E-state index contributed by atoms with van der Waals surface area (Å²) in [6, 6.07) is 1.23. The molecule has 8 heteroatoms. The molecule has 1 aromatic rings. The first-order valence-electron chi connectivity index (χ1n) is 7.33. The minimum Gasteiger partial charge on any atom is -0.444 e. The van der Waals surface area contributed by atoms with Gasteiger partial charge in [0.25, 0.3) is 11.5 Å². The van der Waals surface area contributed by atoms with Gasteiger partial charge in [-0.3, -0.25) is 4.79 Å². The highest BCUT2D eigenvalue weighted by Crippen LogP contribution is 2.40. The Labute approximate surface area is 132 Å². The highest BCUT2D eigenvalue weighted by Gasteiger charge is 2.46. The second-order valence-corrected chi connectivity index (χ2v) is 6.71. The molecule has 1 atom stereocenters. The van der Waals surface area contributed by atoms with Gasteiger partial charge in [-0.15, -0.1) is 0 Å². The average Bonchev–Trinajstić information content (AvgIpc) is 2.39. The van der Waals surface area contributed by atoms with E-state index in [9.17, 15) is 18.4 Å². The summed E-state index contributed by atoms with van der Waals surface area (Å²) in [7, 11) is 0. The van der Waals surface area contributed by atoms with Gasteiger partial charge in [-0.2, -0.15) is 0 Å². The Bertz CT molecular complexity index is 652. The molecule has 2 rings (SSSR count). The largest absolute Gasteiger partial charge is 0.444 e. The fourth-order valence-electron chi connectivity index (χ4n) is 2.47. The zero-order chi connectivity index (χ0) is 17.4. The molecule has 1 aromatic heterocycles. The number of aromatic nitrogens is 1. The monoisotopic (exact) mass is 329 g/mol. The van der Waals surface area contributed by atoms with Crippen LogP contribution in [-0.4, -0.2) is 40.6 Å². The lowest BCUT2D eigenvalue weighted by Gasteiger charge is -2.39. The van der Waals surface area contributed by atoms with Gasteiger partial charge >= 0.3 is 6.09 Å². The van der Waals surface area contributed by atoms with Gasteiger partial charge in [0.05, 0.1) is 11.6 Å². The normalized spacial score (nSPS) is 21.1. The summed E-state index contributed by atoms with van der Waals surface area (Å²) < 4.78 is 33.7. The molecular formula is C15H21F2N3O3. The van der Waals surface area contributed by atoms with E-state index in [1.54, 1.807) is 20.8 Å². The molecule has 0 spiro atoms. The number of nitrogen functional groups attached to an aromatic ring is 1. The summed E-state index contributed by atoms with van der Waals surface area (Å²) in [4.78, 5) is 27.0. The van der Waals surface area contributed by atoms with E-state index in [1.165, 1.54) is 17.2 Å². The number of halogens is 2. The minimum atomic E-state index is -3.00. The third-order valence-electron chi connectivity index (χ3n) is 3.64. The number of ether oxygens (including phenoxy) is 1. The Morgan fingerprint density at radius 2 is 2.13 bits per heavy atom. The van der Waals surface area contributed by atoms with Crippen LogP contribution in [0.4, 0.5) is 19.3 Å². The highest BCUT2D eigenvalue weighted by atomic mass is 19.3. The quantitative estimate of drug-likeness (QED) is 0.827. The van der Waals surface area contributed by atoms with Gasteiger partial charge < -0.3 is 20.4 Å². The van der Waals surface area contributed by atoms with Gasteiger partial charge in [-0.05, 0) is 32.4 Å². The number of nitrogens with two attached hydrogens (primary N) is 1. The van der Waals surface area contributed by atoms with Crippen LogP contribution >= 0.6 is 0 Å². The van der Waals surface area contributed by atoms with Crippen LogP contribution in [0.15, 0.2) is 17.1 Å². The smallest absolute Gasteiger partial charge is 0.410 e. The molecule has 1 amide bonds. The molecule has 0 bridgehead atoms. The molecular weight excluding hydrogens is 308 g/mol. The summed E-state index contributed by atoms with van der Waals surface area (Å²) >= 11 is 0. The van der Waals surface area contributed by atoms with E-state index in [2.05, 4.69) is 4.98 Å². The molecule has 1 aliphatic rings. The van der Waals surface area contributed by atoms with Gasteiger partial charge in [0.2, 0.25) is 0 Å². The number of likely N-dealkylation sites (tertiary alicyclic amines) is 1. The van der Waals surface area contributed by atoms with Gasteiger partial charge in [0.15, 0.2) is 0 Å². The number of carbonyl (C=O) groups is 1. The number of piperidine rings is 1. The van der Waals surface area contributed by atoms with Gasteiger partial charge in [-0.25, -0.2) is 13.6 Å². The van der Waals surface area contributed by atoms with Gasteiger partial charge in [-0.1, -0.05) is 0 Å². The molecule has 0 aromatic carbocycles. The summed E-state index contributed by atoms with van der Waals surface area (Å²) in [6.45, 7) is 4.85. The van der Waals surface area contributed by atoms with E-state index >= 15 is 0 Å². The topological polar surface area (TPSA) is 88.4 Å². The van der Waals surface area contributed by atoms with Crippen LogP contribution in [0.5, 0.6) is 0 Å². The van der Waals surface area contributed by atoms with Crippen molar-refractivity contribution in [2.75, 3.05) is 18.8 Å². The fraction of sp³-hybridized carbons (Fsp3) is 0.600. The lowest BCUT2D eigenvalue weighted by atomic mass is 9.88. The van der Waals surface area contributed by atoms with Crippen molar-refractivity contribution in [2.24, 2.45) is 0 Å². The molecule has 0 saturated carbocycles. The van der Waals surface area contributed by atoms with Crippen LogP contribution in [0.2, 0.25) is 0 Å². The van der Waals surface area contributed by atoms with Crippen LogP contribution in [-0.2, 0) is 4.74 Å². The van der Waals surface area contributed by atoms with Crippen molar-refractivity contribution in [3.63, 3.8) is 0 Å². The average molecular weight is 329 g/mol. The molecule has 0 radical (unpaired) electrons. The molecule has 1 saturated heterocycles. The predicted octanol–water partition coefficient (Wildman–Crippen LogP) is 2.32. The third-order valence-corrected chi connectivity index (χ3v) is 3.64. The van der Waals surface area contributed by atoms with Crippen molar-refractivity contribution in [2.45, 2.75) is 44.6 Å². The van der Waals surface area contributed by atoms with E-state index in [0.717, 1.165) is 0 Å². The van der Waals surface area contributed by atoms with E-state index in [-0.39, 0.29) is 24.3 Å². The second-order valence-electron chi connectivity index (χ2n) is 6.71. The summed E-state index contributed by atoms with van der Waals surface area (Å²) in [5, 5.41) is 0. The number of pyridine rings is 1. The molecule has 128 valence electrons. The van der Waals surface area contributed by atoms with Crippen LogP contribution in [0.1, 0.15) is 38.7 Å². The standard InChI is InChI=1S/C15H21F2N3O3/c1-14(2,3)23-13(22)20-5-4-15(16,17)10(8-20)9-6-11(18)12(21)19-7-9/h6-7,10H,4-5,8,18H2,1-3H3,(H,19,21). The maximum Gasteiger partial charge on any atom is 0.410 e. The van der Waals surface area contributed by atoms with Crippen molar-refractivity contribution in [1.29, 1.82) is 0 Å². The molecule has 3 N–H and O–H groups in total. The third kappa shape index (κ3) is 4.00. The van der Waals surface area contributed by atoms with Gasteiger partial charge in [0, 0.05) is 25.7 Å². The van der Waals surface area contributed by atoms with Crippen LogP contribution in [0.25, 0.3) is 0 Å². The Morgan fingerprint density at radius 3 is 2.70 bits per heavy atom. The number of carbonyl (C=O) groups excluding carboxylic acids is 1. The maximum absolute atomic E-state index is 14.2. The first-order valence-corrected chi connectivity index (χ1v) is 7.33. The molecule has 0 aliphatic carbocycles. The van der Waals surface area contributed by atoms with Crippen molar-refractivity contribution in [3.05, 3.63) is 28.2 Å². The minimum absolute atomic E-state index is 0.0861. The SMILES string of the molecule is CC(C)(C)OC(=O)N1CCC(F)(F)C(c2c[nH]c(=O)c(N)c2)C1. The van der Waals surface area contributed by atoms with E-state index in [0.29, 0.717) is 0 Å². The summed E-state index contributed by atoms with van der Waals surface area (Å²) in [5.41, 5.74) is 4.33. The number of nitrogens with zero attached hydrogens (tertiary/aromatic N) is 1. The second kappa shape index (κ2) is 5.82. The van der Waals surface area contributed by atoms with Crippen LogP contribution in [0, 0.1) is 0 Å². The Kier molecular flexibility index (Phi) is 4.37. The molecule has 6 nitrogen and oxygen atoms in total. The lowest BCUT2D eigenvalue weighted by Crippen LogP contribution is -2.49. The van der Waals surface area contributed by atoms with Crippen molar-refractivity contribution in [3.8, 4) is 0 Å². The number of H-pyrrole nitrogens is 1. The number of anilines is 1. The number of alkyl halides is 2. The van der Waals surface area contributed by atoms with E-state index < -0.39 is 35.5 Å². The number of amides is 1. The molecule has 1 unspecified atom stereocenters. The zero-order valence-electron chi connectivity index (χ0n) is 13.4.